The Kier molecular flexibility index (Phi) is 5.19. The second-order valence-electron chi connectivity index (χ2n) is 5.56. The van der Waals surface area contributed by atoms with E-state index in [0.29, 0.717) is 5.75 Å². The van der Waals surface area contributed by atoms with Gasteiger partial charge < -0.3 is 21.3 Å². The molecule has 3 heterocycles. The van der Waals surface area contributed by atoms with Crippen molar-refractivity contribution in [2.45, 2.75) is 17.8 Å². The number of aromatic nitrogens is 1. The van der Waals surface area contributed by atoms with Gasteiger partial charge in [0.05, 0.1) is 17.7 Å². The quantitative estimate of drug-likeness (QED) is 0.372. The third kappa shape index (κ3) is 3.66. The molecule has 0 spiro atoms. The van der Waals surface area contributed by atoms with Crippen molar-refractivity contribution in [3.63, 3.8) is 0 Å². The summed E-state index contributed by atoms with van der Waals surface area (Å²) in [5.41, 5.74) is 5.66. The molecule has 0 aromatic carbocycles. The molecule has 10 nitrogen and oxygen atoms in total. The van der Waals surface area contributed by atoms with E-state index in [1.165, 1.54) is 29.3 Å². The van der Waals surface area contributed by atoms with Gasteiger partial charge in [-0.2, -0.15) is 0 Å². The number of carboxylic acids is 2. The van der Waals surface area contributed by atoms with Crippen LogP contribution in [-0.4, -0.2) is 61.0 Å². The van der Waals surface area contributed by atoms with Gasteiger partial charge in [0.15, 0.2) is 5.13 Å². The van der Waals surface area contributed by atoms with Crippen LogP contribution in [0.2, 0.25) is 0 Å². The van der Waals surface area contributed by atoms with Crippen LogP contribution in [0.5, 0.6) is 0 Å². The van der Waals surface area contributed by atoms with Crippen molar-refractivity contribution < 1.29 is 29.4 Å². The third-order valence-electron chi connectivity index (χ3n) is 3.88. The number of nitrogens with zero attached hydrogens (tertiary/aromatic N) is 2. The fraction of sp³-hybridized carbons (Fsp3) is 0.267. The highest BCUT2D eigenvalue weighted by atomic mass is 32.2. The smallest absolute Gasteiger partial charge is 0.352 e. The number of carbonyl (C=O) groups excluding carboxylic acids is 2. The molecule has 0 bridgehead atoms. The van der Waals surface area contributed by atoms with Crippen LogP contribution in [0.1, 0.15) is 12.1 Å². The Hall–Kier alpha value is -2.86. The van der Waals surface area contributed by atoms with Gasteiger partial charge in [-0.1, -0.05) is 6.08 Å². The number of β-lactam (4-membered cyclic amide) rings is 1. The maximum absolute atomic E-state index is 12.6. The maximum Gasteiger partial charge on any atom is 0.352 e. The van der Waals surface area contributed by atoms with Crippen LogP contribution >= 0.6 is 23.1 Å². The first-order valence-electron chi connectivity index (χ1n) is 7.62. The van der Waals surface area contributed by atoms with Crippen molar-refractivity contribution in [3.05, 3.63) is 28.9 Å². The number of thioether (sulfide) groups is 1. The first-order chi connectivity index (χ1) is 12.8. The molecule has 27 heavy (non-hydrogen) atoms. The Morgan fingerprint density at radius 2 is 2.15 bits per heavy atom. The van der Waals surface area contributed by atoms with Crippen molar-refractivity contribution in [1.29, 1.82) is 0 Å². The van der Waals surface area contributed by atoms with Gasteiger partial charge in [0.25, 0.3) is 11.8 Å². The Morgan fingerprint density at radius 3 is 2.74 bits per heavy atom. The van der Waals surface area contributed by atoms with E-state index >= 15 is 0 Å². The van der Waals surface area contributed by atoms with Gasteiger partial charge in [0.1, 0.15) is 17.1 Å². The van der Waals surface area contributed by atoms with Crippen molar-refractivity contribution in [3.8, 4) is 0 Å². The normalized spacial score (nSPS) is 21.8. The Labute approximate surface area is 160 Å². The lowest BCUT2D eigenvalue weighted by Gasteiger charge is -2.48. The number of hydrogen-bond acceptors (Lipinski definition) is 8. The van der Waals surface area contributed by atoms with E-state index in [1.54, 1.807) is 0 Å². The van der Waals surface area contributed by atoms with Gasteiger partial charge in [-0.15, -0.1) is 23.1 Å². The number of carboxylic acid groups (broad SMARTS) is 2. The number of anilines is 1. The zero-order valence-corrected chi connectivity index (χ0v) is 15.2. The number of nitrogens with one attached hydrogen (secondary N) is 1. The fourth-order valence-corrected chi connectivity index (χ4v) is 4.43. The van der Waals surface area contributed by atoms with E-state index in [0.717, 1.165) is 16.2 Å². The minimum absolute atomic E-state index is 0.00795. The minimum Gasteiger partial charge on any atom is -0.481 e. The van der Waals surface area contributed by atoms with Crippen molar-refractivity contribution in [1.82, 2.24) is 15.2 Å². The number of fused-ring (bicyclic) bond motifs is 1. The Balaban J connectivity index is 1.78. The van der Waals surface area contributed by atoms with Gasteiger partial charge in [-0.25, -0.2) is 9.78 Å². The summed E-state index contributed by atoms with van der Waals surface area (Å²) in [5, 5.41) is 21.8. The van der Waals surface area contributed by atoms with Gasteiger partial charge in [0, 0.05) is 11.1 Å². The monoisotopic (exact) mass is 410 g/mol. The van der Waals surface area contributed by atoms with Crippen molar-refractivity contribution >= 4 is 57.6 Å². The summed E-state index contributed by atoms with van der Waals surface area (Å²) in [7, 11) is 0. The SMILES string of the molecule is Nc1nc(C(=CCC(=O)O)C(=O)NC2C(=O)N3C(C(=O)O)=CCS[C@H]23)cs1. The minimum atomic E-state index is -1.21. The van der Waals surface area contributed by atoms with Gasteiger partial charge in [-0.3, -0.25) is 19.3 Å². The number of rotatable bonds is 6. The fourth-order valence-electron chi connectivity index (χ4n) is 2.67. The molecule has 2 atom stereocenters. The predicted molar refractivity (Wildman–Crippen MR) is 97.5 cm³/mol. The Bertz CT molecular complexity index is 893. The molecular weight excluding hydrogens is 396 g/mol. The molecule has 3 rings (SSSR count). The highest BCUT2D eigenvalue weighted by Gasteiger charge is 2.52. The van der Waals surface area contributed by atoms with E-state index in [-0.39, 0.29) is 22.1 Å². The largest absolute Gasteiger partial charge is 0.481 e. The molecule has 1 fully saturated rings. The number of nitrogen functional groups attached to an aromatic ring is 1. The summed E-state index contributed by atoms with van der Waals surface area (Å²) >= 11 is 2.41. The molecule has 2 aliphatic rings. The van der Waals surface area contributed by atoms with Crippen LogP contribution in [0, 0.1) is 0 Å². The maximum atomic E-state index is 12.6. The van der Waals surface area contributed by atoms with E-state index in [9.17, 15) is 19.2 Å². The second kappa shape index (κ2) is 7.40. The average molecular weight is 410 g/mol. The molecule has 1 saturated heterocycles. The topological polar surface area (TPSA) is 163 Å². The molecule has 142 valence electrons. The lowest BCUT2D eigenvalue weighted by Crippen LogP contribution is -2.70. The molecule has 2 aliphatic heterocycles. The molecule has 0 radical (unpaired) electrons. The van der Waals surface area contributed by atoms with Crippen LogP contribution in [0.3, 0.4) is 0 Å². The van der Waals surface area contributed by atoms with Gasteiger partial charge >= 0.3 is 11.9 Å². The number of aliphatic carboxylic acids is 2. The average Bonchev–Trinajstić information content (AvgIpc) is 3.04. The molecule has 1 aromatic rings. The lowest BCUT2D eigenvalue weighted by atomic mass is 10.0. The van der Waals surface area contributed by atoms with E-state index in [1.807, 2.05) is 0 Å². The first-order valence-corrected chi connectivity index (χ1v) is 9.54. The Morgan fingerprint density at radius 1 is 1.41 bits per heavy atom. The summed E-state index contributed by atoms with van der Waals surface area (Å²) in [6.07, 6.45) is 2.23. The van der Waals surface area contributed by atoms with Crippen LogP contribution in [0.25, 0.3) is 5.57 Å². The first kappa shape index (κ1) is 18.9. The summed E-state index contributed by atoms with van der Waals surface area (Å²) in [5.74, 6) is -3.16. The number of nitrogens with two attached hydrogens (primary N) is 1. The van der Waals surface area contributed by atoms with Crippen LogP contribution in [-0.2, 0) is 19.2 Å². The van der Waals surface area contributed by atoms with E-state index < -0.39 is 41.6 Å². The number of thiazole rings is 1. The van der Waals surface area contributed by atoms with E-state index in [4.69, 9.17) is 15.9 Å². The number of hydrogen-bond donors (Lipinski definition) is 4. The van der Waals surface area contributed by atoms with Crippen molar-refractivity contribution in [2.75, 3.05) is 11.5 Å². The number of amides is 2. The third-order valence-corrected chi connectivity index (χ3v) is 5.73. The molecule has 0 saturated carbocycles. The lowest BCUT2D eigenvalue weighted by molar-refractivity contribution is -0.150. The summed E-state index contributed by atoms with van der Waals surface area (Å²) in [6.45, 7) is 0. The number of carbonyl (C=O) groups is 4. The summed E-state index contributed by atoms with van der Waals surface area (Å²) in [4.78, 5) is 52.1. The van der Waals surface area contributed by atoms with Crippen LogP contribution in [0.15, 0.2) is 23.2 Å². The predicted octanol–water partition coefficient (Wildman–Crippen LogP) is -0.0482. The highest BCUT2D eigenvalue weighted by Crippen LogP contribution is 2.37. The highest BCUT2D eigenvalue weighted by molar-refractivity contribution is 8.00. The zero-order chi connectivity index (χ0) is 19.7. The zero-order valence-electron chi connectivity index (χ0n) is 13.6. The molecule has 5 N–H and O–H groups in total. The molecule has 1 unspecified atom stereocenters. The van der Waals surface area contributed by atoms with Gasteiger partial charge in [0.2, 0.25) is 0 Å². The molecule has 1 aromatic heterocycles. The van der Waals surface area contributed by atoms with Crippen LogP contribution < -0.4 is 11.1 Å². The van der Waals surface area contributed by atoms with Crippen molar-refractivity contribution in [2.24, 2.45) is 0 Å². The molecular formula is C15H14N4O6S2. The molecule has 0 aliphatic carbocycles. The molecule has 2 amide bonds. The second-order valence-corrected chi connectivity index (χ2v) is 7.60. The summed E-state index contributed by atoms with van der Waals surface area (Å²) < 4.78 is 0. The summed E-state index contributed by atoms with van der Waals surface area (Å²) in [6, 6.07) is -0.908. The van der Waals surface area contributed by atoms with E-state index in [2.05, 4.69) is 10.3 Å². The van der Waals surface area contributed by atoms with Crippen LogP contribution in [0.4, 0.5) is 5.13 Å². The standard InChI is InChI=1S/C15H14N4O6S2/c16-15-17-7(5-27-15)6(1-2-9(20)21)11(22)18-10-12(23)19-8(14(24)25)3-4-26-13(10)19/h1,3,5,10,13H,2,4H2,(H2,16,17)(H,18,22)(H,20,21)(H,24,25)/t10?,13-/m1/s1. The molecule has 12 heteroatoms. The van der Waals surface area contributed by atoms with Gasteiger partial charge in [-0.05, 0) is 6.08 Å².